The average Bonchev–Trinajstić information content (AvgIpc) is 3.49. The van der Waals surface area contributed by atoms with E-state index in [4.69, 9.17) is 4.42 Å². The number of benzene rings is 2. The SMILES string of the molecule is CSc1ccc(C2c3c(-c4ccccc4O)n[nH]c3C(=O)N2Cc2ccco2)cc1. The van der Waals surface area contributed by atoms with Gasteiger partial charge in [-0.1, -0.05) is 24.3 Å². The van der Waals surface area contributed by atoms with Crippen molar-refractivity contribution in [2.24, 2.45) is 0 Å². The normalized spacial score (nSPS) is 15.6. The Morgan fingerprint density at radius 2 is 1.93 bits per heavy atom. The molecule has 0 bridgehead atoms. The van der Waals surface area contributed by atoms with Gasteiger partial charge in [-0.25, -0.2) is 0 Å². The van der Waals surface area contributed by atoms with Crippen LogP contribution in [0.25, 0.3) is 11.3 Å². The number of phenols is 1. The third kappa shape index (κ3) is 2.98. The number of rotatable bonds is 5. The smallest absolute Gasteiger partial charge is 0.273 e. The lowest BCUT2D eigenvalue weighted by Gasteiger charge is -2.25. The van der Waals surface area contributed by atoms with E-state index in [1.807, 2.05) is 48.7 Å². The molecule has 2 N–H and O–H groups in total. The summed E-state index contributed by atoms with van der Waals surface area (Å²) in [4.78, 5) is 16.2. The molecule has 2 aromatic heterocycles. The summed E-state index contributed by atoms with van der Waals surface area (Å²) in [7, 11) is 0. The summed E-state index contributed by atoms with van der Waals surface area (Å²) in [6.07, 6.45) is 3.63. The summed E-state index contributed by atoms with van der Waals surface area (Å²) >= 11 is 1.67. The van der Waals surface area contributed by atoms with Crippen molar-refractivity contribution in [2.45, 2.75) is 17.5 Å². The Hall–Kier alpha value is -3.45. The molecule has 4 aromatic rings. The molecule has 0 fully saturated rings. The molecule has 1 amide bonds. The number of carbonyl (C=O) groups is 1. The Labute approximate surface area is 177 Å². The molecule has 1 atom stereocenters. The maximum Gasteiger partial charge on any atom is 0.273 e. The molecular formula is C23H19N3O3S. The van der Waals surface area contributed by atoms with Crippen LogP contribution in [0.4, 0.5) is 0 Å². The fraction of sp³-hybridized carbons (Fsp3) is 0.130. The largest absolute Gasteiger partial charge is 0.507 e. The van der Waals surface area contributed by atoms with Crippen molar-refractivity contribution in [3.63, 3.8) is 0 Å². The number of hydrogen-bond acceptors (Lipinski definition) is 5. The average molecular weight is 417 g/mol. The number of furan rings is 1. The highest BCUT2D eigenvalue weighted by atomic mass is 32.2. The molecule has 2 aromatic carbocycles. The van der Waals surface area contributed by atoms with E-state index in [9.17, 15) is 9.90 Å². The number of para-hydroxylation sites is 1. The van der Waals surface area contributed by atoms with Gasteiger partial charge in [0.15, 0.2) is 0 Å². The van der Waals surface area contributed by atoms with Crippen LogP contribution in [0.3, 0.4) is 0 Å². The zero-order valence-electron chi connectivity index (χ0n) is 16.2. The summed E-state index contributed by atoms with van der Waals surface area (Å²) in [5, 5.41) is 17.7. The predicted octanol–water partition coefficient (Wildman–Crippen LogP) is 4.84. The minimum atomic E-state index is -0.345. The maximum atomic E-state index is 13.3. The van der Waals surface area contributed by atoms with Crippen LogP contribution in [-0.4, -0.2) is 32.4 Å². The molecule has 1 unspecified atom stereocenters. The van der Waals surface area contributed by atoms with Crippen LogP contribution in [0.2, 0.25) is 0 Å². The van der Waals surface area contributed by atoms with E-state index in [0.717, 1.165) is 16.0 Å². The van der Waals surface area contributed by atoms with Crippen LogP contribution >= 0.6 is 11.8 Å². The number of aromatic nitrogens is 2. The van der Waals surface area contributed by atoms with Crippen molar-refractivity contribution in [2.75, 3.05) is 6.26 Å². The summed E-state index contributed by atoms with van der Waals surface area (Å²) in [5.41, 5.74) is 3.36. The lowest BCUT2D eigenvalue weighted by atomic mass is 9.95. The fourth-order valence-corrected chi connectivity index (χ4v) is 4.35. The first-order valence-electron chi connectivity index (χ1n) is 9.51. The number of nitrogens with one attached hydrogen (secondary N) is 1. The van der Waals surface area contributed by atoms with Gasteiger partial charge in [0, 0.05) is 16.0 Å². The summed E-state index contributed by atoms with van der Waals surface area (Å²) < 4.78 is 5.51. The molecule has 150 valence electrons. The van der Waals surface area contributed by atoms with Gasteiger partial charge in [-0.2, -0.15) is 5.10 Å². The molecule has 3 heterocycles. The van der Waals surface area contributed by atoms with E-state index in [1.165, 1.54) is 0 Å². The monoisotopic (exact) mass is 417 g/mol. The van der Waals surface area contributed by atoms with E-state index in [2.05, 4.69) is 10.2 Å². The number of H-pyrrole nitrogens is 1. The predicted molar refractivity (Wildman–Crippen MR) is 114 cm³/mol. The summed E-state index contributed by atoms with van der Waals surface area (Å²) in [6.45, 7) is 0.337. The van der Waals surface area contributed by atoms with Crippen molar-refractivity contribution >= 4 is 17.7 Å². The summed E-state index contributed by atoms with van der Waals surface area (Å²) in [5.74, 6) is 0.686. The van der Waals surface area contributed by atoms with Gasteiger partial charge >= 0.3 is 0 Å². The Morgan fingerprint density at radius 3 is 2.63 bits per heavy atom. The first kappa shape index (κ1) is 18.6. The third-order valence-corrected chi connectivity index (χ3v) is 6.10. The highest BCUT2D eigenvalue weighted by Crippen LogP contribution is 2.45. The lowest BCUT2D eigenvalue weighted by Crippen LogP contribution is -2.28. The molecule has 0 radical (unpaired) electrons. The van der Waals surface area contributed by atoms with Crippen molar-refractivity contribution in [1.29, 1.82) is 0 Å². The maximum absolute atomic E-state index is 13.3. The zero-order valence-corrected chi connectivity index (χ0v) is 17.0. The highest BCUT2D eigenvalue weighted by molar-refractivity contribution is 7.98. The van der Waals surface area contributed by atoms with E-state index < -0.39 is 0 Å². The van der Waals surface area contributed by atoms with Crippen molar-refractivity contribution < 1.29 is 14.3 Å². The van der Waals surface area contributed by atoms with Crippen LogP contribution in [0.1, 0.15) is 33.4 Å². The molecule has 6 nitrogen and oxygen atoms in total. The number of carbonyl (C=O) groups excluding carboxylic acids is 1. The van der Waals surface area contributed by atoms with Crippen LogP contribution in [0, 0.1) is 0 Å². The molecule has 30 heavy (non-hydrogen) atoms. The molecule has 0 saturated heterocycles. The number of phenolic OH excluding ortho intramolecular Hbond substituents is 1. The Balaban J connectivity index is 1.66. The zero-order chi connectivity index (χ0) is 20.7. The molecule has 0 aliphatic carbocycles. The second-order valence-electron chi connectivity index (χ2n) is 7.07. The molecule has 0 saturated carbocycles. The van der Waals surface area contributed by atoms with E-state index in [1.54, 1.807) is 41.1 Å². The third-order valence-electron chi connectivity index (χ3n) is 5.36. The second-order valence-corrected chi connectivity index (χ2v) is 7.95. The Kier molecular flexibility index (Phi) is 4.59. The number of thioether (sulfide) groups is 1. The van der Waals surface area contributed by atoms with Gasteiger partial charge in [0.1, 0.15) is 22.9 Å². The standard InChI is InChI=1S/C23H19N3O3S/c1-30-16-10-8-14(9-11-16)22-19-20(17-6-2-3-7-18(17)27)24-25-21(19)23(28)26(22)13-15-5-4-12-29-15/h2-12,22,27H,13H2,1H3,(H,24,25). The van der Waals surface area contributed by atoms with Crippen LogP contribution in [-0.2, 0) is 6.54 Å². The van der Waals surface area contributed by atoms with Crippen molar-refractivity contribution in [3.05, 3.63) is 89.5 Å². The summed E-state index contributed by atoms with van der Waals surface area (Å²) in [6, 6.07) is 18.5. The molecule has 7 heteroatoms. The van der Waals surface area contributed by atoms with Gasteiger partial charge in [-0.05, 0) is 48.2 Å². The number of aromatic hydroxyl groups is 1. The van der Waals surface area contributed by atoms with E-state index in [0.29, 0.717) is 29.3 Å². The Morgan fingerprint density at radius 1 is 1.13 bits per heavy atom. The topological polar surface area (TPSA) is 82.4 Å². The highest BCUT2D eigenvalue weighted by Gasteiger charge is 2.42. The quantitative estimate of drug-likeness (QED) is 0.454. The van der Waals surface area contributed by atoms with Crippen molar-refractivity contribution in [1.82, 2.24) is 15.1 Å². The molecule has 1 aliphatic rings. The minimum Gasteiger partial charge on any atom is -0.507 e. The number of hydrogen-bond donors (Lipinski definition) is 2. The number of amides is 1. The Bertz CT molecular complexity index is 1200. The minimum absolute atomic E-state index is 0.125. The van der Waals surface area contributed by atoms with Gasteiger partial charge in [-0.3, -0.25) is 9.89 Å². The second kappa shape index (κ2) is 7.42. The molecule has 5 rings (SSSR count). The molecule has 0 spiro atoms. The van der Waals surface area contributed by atoms with E-state index >= 15 is 0 Å². The number of aromatic amines is 1. The number of nitrogens with zero attached hydrogens (tertiary/aromatic N) is 2. The van der Waals surface area contributed by atoms with Crippen LogP contribution in [0.5, 0.6) is 5.75 Å². The first-order valence-corrected chi connectivity index (χ1v) is 10.7. The van der Waals surface area contributed by atoms with Crippen molar-refractivity contribution in [3.8, 4) is 17.0 Å². The van der Waals surface area contributed by atoms with Gasteiger partial charge < -0.3 is 14.4 Å². The molecule has 1 aliphatic heterocycles. The van der Waals surface area contributed by atoms with E-state index in [-0.39, 0.29) is 17.7 Å². The van der Waals surface area contributed by atoms with Crippen LogP contribution in [0.15, 0.2) is 76.2 Å². The van der Waals surface area contributed by atoms with Gasteiger partial charge in [-0.15, -0.1) is 11.8 Å². The fourth-order valence-electron chi connectivity index (χ4n) is 3.94. The van der Waals surface area contributed by atoms with Gasteiger partial charge in [0.05, 0.1) is 18.8 Å². The van der Waals surface area contributed by atoms with Gasteiger partial charge in [0.25, 0.3) is 5.91 Å². The lowest BCUT2D eigenvalue weighted by molar-refractivity contribution is 0.0717. The molecular weight excluding hydrogens is 398 g/mol. The van der Waals surface area contributed by atoms with Crippen LogP contribution < -0.4 is 0 Å². The van der Waals surface area contributed by atoms with Gasteiger partial charge in [0.2, 0.25) is 0 Å². The number of fused-ring (bicyclic) bond motifs is 1. The first-order chi connectivity index (χ1) is 14.7.